The molecule has 1 heterocycles. The lowest BCUT2D eigenvalue weighted by atomic mass is 9.98. The SMILES string of the molecule is Cc1ccsc1[C@@H](N[C@@H](CC(C)C)C(=O)NCC#N)c1ccc(Br)cc1. The normalized spacial score (nSPS) is 13.2. The highest BCUT2D eigenvalue weighted by Crippen LogP contribution is 2.31. The van der Waals surface area contributed by atoms with Crippen molar-refractivity contribution in [1.82, 2.24) is 10.6 Å². The van der Waals surface area contributed by atoms with Gasteiger partial charge in [-0.05, 0) is 54.0 Å². The van der Waals surface area contributed by atoms with Crippen molar-refractivity contribution in [2.45, 2.75) is 39.3 Å². The zero-order valence-electron chi connectivity index (χ0n) is 15.3. The highest BCUT2D eigenvalue weighted by atomic mass is 79.9. The van der Waals surface area contributed by atoms with E-state index >= 15 is 0 Å². The number of carbonyl (C=O) groups excluding carboxylic acids is 1. The smallest absolute Gasteiger partial charge is 0.237 e. The first-order valence-corrected chi connectivity index (χ1v) is 10.3. The minimum absolute atomic E-state index is 0.0239. The number of nitriles is 1. The third kappa shape index (κ3) is 5.66. The van der Waals surface area contributed by atoms with Crippen molar-refractivity contribution in [1.29, 1.82) is 5.26 Å². The Morgan fingerprint density at radius 3 is 2.50 bits per heavy atom. The zero-order valence-corrected chi connectivity index (χ0v) is 17.7. The Kier molecular flexibility index (Phi) is 7.83. The minimum atomic E-state index is -0.363. The van der Waals surface area contributed by atoms with Crippen molar-refractivity contribution in [2.24, 2.45) is 5.92 Å². The molecule has 0 saturated heterocycles. The zero-order chi connectivity index (χ0) is 19.1. The molecule has 2 atom stereocenters. The summed E-state index contributed by atoms with van der Waals surface area (Å²) in [6, 6.07) is 11.8. The molecule has 2 N–H and O–H groups in total. The maximum absolute atomic E-state index is 12.6. The van der Waals surface area contributed by atoms with Crippen LogP contribution in [0.1, 0.15) is 42.3 Å². The Balaban J connectivity index is 2.33. The lowest BCUT2D eigenvalue weighted by Crippen LogP contribution is -2.46. The molecular formula is C20H24BrN3OS. The second-order valence-electron chi connectivity index (χ2n) is 6.68. The summed E-state index contributed by atoms with van der Waals surface area (Å²) in [5, 5.41) is 17.1. The van der Waals surface area contributed by atoms with Crippen molar-refractivity contribution in [3.8, 4) is 6.07 Å². The number of amides is 1. The van der Waals surface area contributed by atoms with Crippen LogP contribution in [0.5, 0.6) is 0 Å². The van der Waals surface area contributed by atoms with Gasteiger partial charge in [0.2, 0.25) is 5.91 Å². The average molecular weight is 434 g/mol. The highest BCUT2D eigenvalue weighted by molar-refractivity contribution is 9.10. The van der Waals surface area contributed by atoms with E-state index in [9.17, 15) is 4.79 Å². The fraction of sp³-hybridized carbons (Fsp3) is 0.400. The first-order valence-electron chi connectivity index (χ1n) is 8.62. The predicted octanol–water partition coefficient (Wildman–Crippen LogP) is 4.55. The summed E-state index contributed by atoms with van der Waals surface area (Å²) in [5.41, 5.74) is 2.32. The highest BCUT2D eigenvalue weighted by Gasteiger charge is 2.26. The van der Waals surface area contributed by atoms with Crippen LogP contribution in [0.2, 0.25) is 0 Å². The van der Waals surface area contributed by atoms with Crippen LogP contribution in [-0.4, -0.2) is 18.5 Å². The maximum atomic E-state index is 12.6. The predicted molar refractivity (Wildman–Crippen MR) is 110 cm³/mol. The minimum Gasteiger partial charge on any atom is -0.342 e. The van der Waals surface area contributed by atoms with Gasteiger partial charge in [-0.3, -0.25) is 10.1 Å². The van der Waals surface area contributed by atoms with Crippen molar-refractivity contribution < 1.29 is 4.79 Å². The molecule has 0 radical (unpaired) electrons. The average Bonchev–Trinajstić information content (AvgIpc) is 3.02. The number of rotatable bonds is 8. The van der Waals surface area contributed by atoms with E-state index in [4.69, 9.17) is 5.26 Å². The second-order valence-corrected chi connectivity index (χ2v) is 8.54. The standard InChI is InChI=1S/C20H24BrN3OS/c1-13(2)12-17(20(25)23-10-9-22)24-18(19-14(3)8-11-26-19)15-4-6-16(21)7-5-15/h4-8,11,13,17-18,24H,10,12H2,1-3H3,(H,23,25)/t17-,18-/m0/s1. The number of nitrogens with zero attached hydrogens (tertiary/aromatic N) is 1. The summed E-state index contributed by atoms with van der Waals surface area (Å²) in [7, 11) is 0. The Labute approximate surface area is 167 Å². The summed E-state index contributed by atoms with van der Waals surface area (Å²) >= 11 is 5.17. The van der Waals surface area contributed by atoms with E-state index in [2.05, 4.69) is 70.9 Å². The Morgan fingerprint density at radius 1 is 1.27 bits per heavy atom. The van der Waals surface area contributed by atoms with Crippen LogP contribution in [0.3, 0.4) is 0 Å². The fourth-order valence-corrected chi connectivity index (χ4v) is 4.11. The molecule has 0 bridgehead atoms. The maximum Gasteiger partial charge on any atom is 0.237 e. The first-order chi connectivity index (χ1) is 12.4. The first kappa shape index (κ1) is 20.6. The molecule has 0 fully saturated rings. The molecule has 2 aromatic rings. The number of carbonyl (C=O) groups is 1. The Bertz CT molecular complexity index is 764. The fourth-order valence-electron chi connectivity index (χ4n) is 2.83. The summed E-state index contributed by atoms with van der Waals surface area (Å²) in [6.45, 7) is 6.30. The van der Waals surface area contributed by atoms with E-state index in [0.717, 1.165) is 10.0 Å². The molecular weight excluding hydrogens is 410 g/mol. The van der Waals surface area contributed by atoms with Gasteiger partial charge in [0.25, 0.3) is 0 Å². The molecule has 0 aliphatic rings. The van der Waals surface area contributed by atoms with Crippen LogP contribution in [0.25, 0.3) is 0 Å². The van der Waals surface area contributed by atoms with Crippen LogP contribution in [-0.2, 0) is 4.79 Å². The quantitative estimate of drug-likeness (QED) is 0.599. The van der Waals surface area contributed by atoms with Gasteiger partial charge in [0, 0.05) is 9.35 Å². The van der Waals surface area contributed by atoms with Gasteiger partial charge in [0.15, 0.2) is 0 Å². The lowest BCUT2D eigenvalue weighted by Gasteiger charge is -2.26. The van der Waals surface area contributed by atoms with Gasteiger partial charge in [-0.25, -0.2) is 0 Å². The summed E-state index contributed by atoms with van der Waals surface area (Å²) in [4.78, 5) is 13.8. The van der Waals surface area contributed by atoms with E-state index in [0.29, 0.717) is 12.3 Å². The van der Waals surface area contributed by atoms with Gasteiger partial charge >= 0.3 is 0 Å². The van der Waals surface area contributed by atoms with E-state index in [1.165, 1.54) is 10.4 Å². The number of hydrogen-bond acceptors (Lipinski definition) is 4. The van der Waals surface area contributed by atoms with Crippen LogP contribution in [0, 0.1) is 24.2 Å². The Morgan fingerprint density at radius 2 is 1.96 bits per heavy atom. The van der Waals surface area contributed by atoms with Gasteiger partial charge in [-0.2, -0.15) is 5.26 Å². The van der Waals surface area contributed by atoms with Crippen LogP contribution >= 0.6 is 27.3 Å². The molecule has 1 aromatic heterocycles. The molecule has 0 spiro atoms. The Hall–Kier alpha value is -1.68. The third-order valence-corrected chi connectivity index (χ3v) is 5.71. The van der Waals surface area contributed by atoms with E-state index < -0.39 is 0 Å². The number of nitrogens with one attached hydrogen (secondary N) is 2. The van der Waals surface area contributed by atoms with E-state index in [-0.39, 0.29) is 24.5 Å². The van der Waals surface area contributed by atoms with Crippen LogP contribution in [0.15, 0.2) is 40.2 Å². The number of benzene rings is 1. The van der Waals surface area contributed by atoms with Crippen molar-refractivity contribution in [2.75, 3.05) is 6.54 Å². The van der Waals surface area contributed by atoms with Crippen molar-refractivity contribution >= 4 is 33.2 Å². The second kappa shape index (κ2) is 9.86. The number of thiophene rings is 1. The largest absolute Gasteiger partial charge is 0.342 e. The van der Waals surface area contributed by atoms with E-state index in [1.54, 1.807) is 11.3 Å². The molecule has 0 aliphatic carbocycles. The van der Waals surface area contributed by atoms with Crippen LogP contribution in [0.4, 0.5) is 0 Å². The van der Waals surface area contributed by atoms with E-state index in [1.807, 2.05) is 18.2 Å². The molecule has 0 saturated carbocycles. The van der Waals surface area contributed by atoms with Crippen molar-refractivity contribution in [3.63, 3.8) is 0 Å². The summed E-state index contributed by atoms with van der Waals surface area (Å²) < 4.78 is 1.02. The van der Waals surface area contributed by atoms with Gasteiger partial charge in [0.1, 0.15) is 6.54 Å². The van der Waals surface area contributed by atoms with Gasteiger partial charge in [-0.15, -0.1) is 11.3 Å². The van der Waals surface area contributed by atoms with Gasteiger partial charge in [0.05, 0.1) is 18.2 Å². The molecule has 26 heavy (non-hydrogen) atoms. The molecule has 6 heteroatoms. The topological polar surface area (TPSA) is 64.9 Å². The molecule has 0 unspecified atom stereocenters. The lowest BCUT2D eigenvalue weighted by molar-refractivity contribution is -0.123. The number of aryl methyl sites for hydroxylation is 1. The van der Waals surface area contributed by atoms with Gasteiger partial charge < -0.3 is 5.32 Å². The molecule has 1 amide bonds. The molecule has 138 valence electrons. The van der Waals surface area contributed by atoms with Gasteiger partial charge in [-0.1, -0.05) is 41.9 Å². The summed E-state index contributed by atoms with van der Waals surface area (Å²) in [6.07, 6.45) is 0.703. The number of hydrogen-bond donors (Lipinski definition) is 2. The van der Waals surface area contributed by atoms with Crippen molar-refractivity contribution in [3.05, 3.63) is 56.2 Å². The number of halogens is 1. The monoisotopic (exact) mass is 433 g/mol. The molecule has 2 rings (SSSR count). The summed E-state index contributed by atoms with van der Waals surface area (Å²) in [5.74, 6) is 0.229. The molecule has 4 nitrogen and oxygen atoms in total. The molecule has 0 aliphatic heterocycles. The van der Waals surface area contributed by atoms with Crippen LogP contribution < -0.4 is 10.6 Å². The third-order valence-electron chi connectivity index (χ3n) is 4.10. The molecule has 1 aromatic carbocycles.